The molecule has 0 N–H and O–H groups in total. The molecule has 0 bridgehead atoms. The molecule has 2 aromatic carbocycles. The lowest BCUT2D eigenvalue weighted by atomic mass is 9.82. The smallest absolute Gasteiger partial charge is 0.152 e. The van der Waals surface area contributed by atoms with Crippen molar-refractivity contribution < 1.29 is 0 Å². The van der Waals surface area contributed by atoms with Gasteiger partial charge < -0.3 is 0 Å². The van der Waals surface area contributed by atoms with E-state index in [0.717, 1.165) is 5.56 Å². The second kappa shape index (κ2) is 4.01. The summed E-state index contributed by atoms with van der Waals surface area (Å²) in [5, 5.41) is 8.54. The number of benzene rings is 2. The predicted octanol–water partition coefficient (Wildman–Crippen LogP) is 3.87. The summed E-state index contributed by atoms with van der Waals surface area (Å²) in [6.45, 7) is 4.47. The van der Waals surface area contributed by atoms with Crippen LogP contribution in [-0.2, 0) is 5.41 Å². The lowest BCUT2D eigenvalue weighted by Gasteiger charge is -2.21. The van der Waals surface area contributed by atoms with E-state index in [4.69, 9.17) is 5.26 Å². The van der Waals surface area contributed by atoms with Gasteiger partial charge in [-0.25, -0.2) is 0 Å². The van der Waals surface area contributed by atoms with Crippen molar-refractivity contribution in [3.8, 4) is 29.0 Å². The number of rotatable bonds is 0. The third-order valence-corrected chi connectivity index (χ3v) is 3.85. The van der Waals surface area contributed by atoms with E-state index in [9.17, 15) is 0 Å². The highest BCUT2D eigenvalue weighted by Crippen LogP contribution is 2.48. The van der Waals surface area contributed by atoms with E-state index in [0.29, 0.717) is 0 Å². The molecule has 0 radical (unpaired) electrons. The van der Waals surface area contributed by atoms with Gasteiger partial charge in [-0.1, -0.05) is 50.1 Å². The Morgan fingerprint density at radius 2 is 1.68 bits per heavy atom. The predicted molar refractivity (Wildman–Crippen MR) is 76.5 cm³/mol. The molecule has 0 aliphatic heterocycles. The summed E-state index contributed by atoms with van der Waals surface area (Å²) in [7, 11) is 0. The van der Waals surface area contributed by atoms with Crippen molar-refractivity contribution in [2.24, 2.45) is 0 Å². The Morgan fingerprint density at radius 3 is 2.47 bits per heavy atom. The van der Waals surface area contributed by atoms with Gasteiger partial charge in [0, 0.05) is 16.9 Å². The highest BCUT2D eigenvalue weighted by molar-refractivity contribution is 5.81. The molecular weight excluding hydrogens is 230 g/mol. The van der Waals surface area contributed by atoms with Gasteiger partial charge in [-0.2, -0.15) is 5.26 Å². The molecule has 2 aromatic rings. The quantitative estimate of drug-likeness (QED) is 0.644. The van der Waals surface area contributed by atoms with Gasteiger partial charge in [0.15, 0.2) is 6.07 Å². The fraction of sp³-hybridized carbons (Fsp3) is 0.167. The molecular formula is C18H13N. The van der Waals surface area contributed by atoms with Crippen molar-refractivity contribution in [2.75, 3.05) is 0 Å². The molecule has 1 heteroatoms. The zero-order valence-corrected chi connectivity index (χ0v) is 11.0. The summed E-state index contributed by atoms with van der Waals surface area (Å²) in [5.74, 6) is 5.34. The van der Waals surface area contributed by atoms with Crippen LogP contribution in [-0.4, -0.2) is 0 Å². The third-order valence-electron chi connectivity index (χ3n) is 3.85. The highest BCUT2D eigenvalue weighted by Gasteiger charge is 2.34. The SMILES string of the molecule is CC1(C)c2ccccc2-c2ccc(C#CC#N)cc21. The molecule has 1 aliphatic rings. The molecule has 3 rings (SSSR count). The monoisotopic (exact) mass is 243 g/mol. The average molecular weight is 243 g/mol. The van der Waals surface area contributed by atoms with Crippen LogP contribution in [0.5, 0.6) is 0 Å². The maximum atomic E-state index is 8.54. The first kappa shape index (κ1) is 11.6. The van der Waals surface area contributed by atoms with E-state index >= 15 is 0 Å². The average Bonchev–Trinajstić information content (AvgIpc) is 2.66. The van der Waals surface area contributed by atoms with E-state index in [1.54, 1.807) is 0 Å². The van der Waals surface area contributed by atoms with Crippen LogP contribution < -0.4 is 0 Å². The third kappa shape index (κ3) is 1.64. The van der Waals surface area contributed by atoms with Crippen LogP contribution in [0, 0.1) is 23.2 Å². The van der Waals surface area contributed by atoms with Gasteiger partial charge in [-0.15, -0.1) is 0 Å². The van der Waals surface area contributed by atoms with Crippen LogP contribution in [0.4, 0.5) is 0 Å². The van der Waals surface area contributed by atoms with E-state index < -0.39 is 0 Å². The van der Waals surface area contributed by atoms with Gasteiger partial charge in [0.2, 0.25) is 0 Å². The van der Waals surface area contributed by atoms with Gasteiger partial charge in [-0.05, 0) is 34.4 Å². The minimum atomic E-state index is -0.00371. The van der Waals surface area contributed by atoms with Crippen LogP contribution in [0.3, 0.4) is 0 Å². The lowest BCUT2D eigenvalue weighted by molar-refractivity contribution is 0.660. The second-order valence-electron chi connectivity index (χ2n) is 5.29. The molecule has 0 unspecified atom stereocenters. The first-order valence-electron chi connectivity index (χ1n) is 6.29. The van der Waals surface area contributed by atoms with Crippen LogP contribution in [0.15, 0.2) is 42.5 Å². The molecule has 19 heavy (non-hydrogen) atoms. The van der Waals surface area contributed by atoms with Gasteiger partial charge in [-0.3, -0.25) is 0 Å². The van der Waals surface area contributed by atoms with E-state index in [1.165, 1.54) is 22.3 Å². The van der Waals surface area contributed by atoms with Gasteiger partial charge in [0.1, 0.15) is 0 Å². The summed E-state index contributed by atoms with van der Waals surface area (Å²) < 4.78 is 0. The molecule has 1 nitrogen and oxygen atoms in total. The van der Waals surface area contributed by atoms with Crippen LogP contribution >= 0.6 is 0 Å². The Balaban J connectivity index is 2.25. The largest absolute Gasteiger partial charge is 0.183 e. The van der Waals surface area contributed by atoms with Crippen LogP contribution in [0.1, 0.15) is 30.5 Å². The second-order valence-corrected chi connectivity index (χ2v) is 5.29. The Hall–Kier alpha value is -2.51. The van der Waals surface area contributed by atoms with Crippen molar-refractivity contribution >= 4 is 0 Å². The Labute approximate surface area is 113 Å². The molecule has 0 heterocycles. The van der Waals surface area contributed by atoms with Crippen molar-refractivity contribution in [1.29, 1.82) is 5.26 Å². The molecule has 0 aromatic heterocycles. The van der Waals surface area contributed by atoms with Crippen molar-refractivity contribution in [1.82, 2.24) is 0 Å². The maximum absolute atomic E-state index is 8.54. The molecule has 0 fully saturated rings. The molecule has 1 aliphatic carbocycles. The highest BCUT2D eigenvalue weighted by atomic mass is 14.4. The topological polar surface area (TPSA) is 23.8 Å². The van der Waals surface area contributed by atoms with Gasteiger partial charge >= 0.3 is 0 Å². The number of fused-ring (bicyclic) bond motifs is 3. The van der Waals surface area contributed by atoms with Crippen LogP contribution in [0.2, 0.25) is 0 Å². The summed E-state index contributed by atoms with van der Waals surface area (Å²) in [6.07, 6.45) is 0. The number of hydrogen-bond donors (Lipinski definition) is 0. The fourth-order valence-corrected chi connectivity index (χ4v) is 2.88. The van der Waals surface area contributed by atoms with E-state index in [1.807, 2.05) is 12.1 Å². The van der Waals surface area contributed by atoms with Crippen molar-refractivity contribution in [3.63, 3.8) is 0 Å². The van der Waals surface area contributed by atoms with Crippen LogP contribution in [0.25, 0.3) is 11.1 Å². The standard InChI is InChI=1S/C18H13N/c1-18(2)16-8-4-3-7-14(16)15-10-9-13(6-5-11-19)12-17(15)18/h3-4,7-10,12H,1-2H3. The minimum Gasteiger partial charge on any atom is -0.183 e. The van der Waals surface area contributed by atoms with Gasteiger partial charge in [0.25, 0.3) is 0 Å². The molecule has 0 saturated heterocycles. The summed E-state index contributed by atoms with van der Waals surface area (Å²) >= 11 is 0. The van der Waals surface area contributed by atoms with E-state index in [-0.39, 0.29) is 5.41 Å². The summed E-state index contributed by atoms with van der Waals surface area (Å²) in [5.41, 5.74) is 6.14. The molecule has 90 valence electrons. The molecule has 0 atom stereocenters. The number of hydrogen-bond acceptors (Lipinski definition) is 1. The molecule has 0 spiro atoms. The summed E-state index contributed by atoms with van der Waals surface area (Å²) in [6, 6.07) is 16.6. The first-order chi connectivity index (χ1) is 9.14. The minimum absolute atomic E-state index is 0.00371. The first-order valence-corrected chi connectivity index (χ1v) is 6.29. The Morgan fingerprint density at radius 1 is 0.947 bits per heavy atom. The van der Waals surface area contributed by atoms with Crippen molar-refractivity contribution in [3.05, 3.63) is 59.2 Å². The lowest BCUT2D eigenvalue weighted by Crippen LogP contribution is -2.14. The fourth-order valence-electron chi connectivity index (χ4n) is 2.88. The van der Waals surface area contributed by atoms with Gasteiger partial charge in [0.05, 0.1) is 0 Å². The normalized spacial score (nSPS) is 13.7. The number of nitrogens with zero attached hydrogens (tertiary/aromatic N) is 1. The number of nitriles is 1. The Kier molecular flexibility index (Phi) is 2.44. The molecule has 0 amide bonds. The maximum Gasteiger partial charge on any atom is 0.152 e. The zero-order valence-electron chi connectivity index (χ0n) is 11.0. The summed E-state index contributed by atoms with van der Waals surface area (Å²) in [4.78, 5) is 0. The Bertz CT molecular complexity index is 764. The van der Waals surface area contributed by atoms with Crippen molar-refractivity contribution in [2.45, 2.75) is 19.3 Å². The zero-order chi connectivity index (χ0) is 13.5. The molecule has 0 saturated carbocycles. The van der Waals surface area contributed by atoms with E-state index in [2.05, 4.69) is 62.1 Å².